The Morgan fingerprint density at radius 3 is 3.11 bits per heavy atom. The normalized spacial score (nSPS) is 22.4. The van der Waals surface area contributed by atoms with Crippen molar-refractivity contribution in [1.82, 2.24) is 5.32 Å². The molecular formula is C16H23NO2. The first kappa shape index (κ1) is 14.1. The van der Waals surface area contributed by atoms with Gasteiger partial charge in [0, 0.05) is 19.7 Å². The molecule has 3 heteroatoms. The maximum atomic E-state index is 5.86. The van der Waals surface area contributed by atoms with Crippen LogP contribution in [0.1, 0.15) is 18.4 Å². The molecule has 1 heterocycles. The molecule has 0 aromatic heterocycles. The molecule has 1 unspecified atom stereocenters. The fraction of sp³-hybridized carbons (Fsp3) is 0.500. The molecule has 1 aromatic rings. The summed E-state index contributed by atoms with van der Waals surface area (Å²) < 4.78 is 11.2. The van der Waals surface area contributed by atoms with Crippen LogP contribution in [0.15, 0.2) is 36.9 Å². The first-order chi connectivity index (χ1) is 9.31. The lowest BCUT2D eigenvalue weighted by atomic mass is 10.1. The molecule has 1 aliphatic rings. The van der Waals surface area contributed by atoms with E-state index in [1.807, 2.05) is 18.2 Å². The number of hydrogen-bond donors (Lipinski definition) is 1. The lowest BCUT2D eigenvalue weighted by Crippen LogP contribution is -2.28. The van der Waals surface area contributed by atoms with Crippen molar-refractivity contribution < 1.29 is 9.47 Å². The molecule has 0 bridgehead atoms. The summed E-state index contributed by atoms with van der Waals surface area (Å²) in [4.78, 5) is 0. The summed E-state index contributed by atoms with van der Waals surface area (Å²) in [7, 11) is 1.76. The third-order valence-electron chi connectivity index (χ3n) is 3.50. The second kappa shape index (κ2) is 7.31. The minimum absolute atomic E-state index is 0.326. The Kier molecular flexibility index (Phi) is 5.43. The lowest BCUT2D eigenvalue weighted by Gasteiger charge is -2.13. The number of rotatable bonds is 7. The van der Waals surface area contributed by atoms with E-state index in [9.17, 15) is 0 Å². The van der Waals surface area contributed by atoms with Crippen molar-refractivity contribution in [2.24, 2.45) is 0 Å². The number of methoxy groups -OCH3 is 1. The summed E-state index contributed by atoms with van der Waals surface area (Å²) in [6, 6.07) is 8.70. The van der Waals surface area contributed by atoms with Crippen LogP contribution in [0.4, 0.5) is 0 Å². The number of nitrogens with one attached hydrogen (secondary N) is 1. The van der Waals surface area contributed by atoms with Gasteiger partial charge in [-0.2, -0.15) is 0 Å². The van der Waals surface area contributed by atoms with E-state index >= 15 is 0 Å². The predicted octanol–water partition coefficient (Wildman–Crippen LogP) is 2.56. The summed E-state index contributed by atoms with van der Waals surface area (Å²) in [6.07, 6.45) is 5.32. The molecule has 0 spiro atoms. The molecule has 0 radical (unpaired) electrons. The van der Waals surface area contributed by atoms with Crippen LogP contribution in [-0.4, -0.2) is 32.4 Å². The molecule has 1 saturated heterocycles. The molecule has 2 rings (SSSR count). The molecule has 104 valence electrons. The highest BCUT2D eigenvalue weighted by Crippen LogP contribution is 2.17. The van der Waals surface area contributed by atoms with Gasteiger partial charge < -0.3 is 14.8 Å². The van der Waals surface area contributed by atoms with Gasteiger partial charge in [-0.05, 0) is 37.0 Å². The highest BCUT2D eigenvalue weighted by molar-refractivity contribution is 5.28. The minimum atomic E-state index is 0.326. The molecule has 1 aliphatic heterocycles. The molecule has 1 aromatic carbocycles. The molecule has 19 heavy (non-hydrogen) atoms. The van der Waals surface area contributed by atoms with Crippen LogP contribution >= 0.6 is 0 Å². The summed E-state index contributed by atoms with van der Waals surface area (Å²) in [6.45, 7) is 5.37. The average molecular weight is 261 g/mol. The third-order valence-corrected chi connectivity index (χ3v) is 3.50. The minimum Gasteiger partial charge on any atom is -0.492 e. The van der Waals surface area contributed by atoms with E-state index < -0.39 is 0 Å². The summed E-state index contributed by atoms with van der Waals surface area (Å²) in [5.41, 5.74) is 1.30. The molecule has 0 amide bonds. The number of aryl methyl sites for hydroxylation is 1. The van der Waals surface area contributed by atoms with Gasteiger partial charge in [0.2, 0.25) is 0 Å². The zero-order valence-electron chi connectivity index (χ0n) is 11.6. The average Bonchev–Trinajstić information content (AvgIpc) is 2.91. The number of ether oxygens (including phenoxy) is 2. The lowest BCUT2D eigenvalue weighted by molar-refractivity contribution is 0.115. The highest BCUT2D eigenvalue weighted by atomic mass is 16.5. The van der Waals surface area contributed by atoms with Gasteiger partial charge in [0.25, 0.3) is 0 Å². The van der Waals surface area contributed by atoms with Crippen molar-refractivity contribution in [3.05, 3.63) is 42.5 Å². The van der Waals surface area contributed by atoms with E-state index in [0.717, 1.165) is 31.6 Å². The number of allylic oxidation sites excluding steroid dienone is 1. The summed E-state index contributed by atoms with van der Waals surface area (Å²) >= 11 is 0. The van der Waals surface area contributed by atoms with Crippen molar-refractivity contribution in [3.63, 3.8) is 0 Å². The van der Waals surface area contributed by atoms with E-state index in [0.29, 0.717) is 18.8 Å². The van der Waals surface area contributed by atoms with Gasteiger partial charge in [-0.25, -0.2) is 0 Å². The van der Waals surface area contributed by atoms with E-state index in [2.05, 4.69) is 24.0 Å². The summed E-state index contributed by atoms with van der Waals surface area (Å²) in [5, 5.41) is 3.41. The molecule has 1 fully saturated rings. The van der Waals surface area contributed by atoms with Gasteiger partial charge in [0.15, 0.2) is 0 Å². The van der Waals surface area contributed by atoms with Crippen LogP contribution in [-0.2, 0) is 11.2 Å². The summed E-state index contributed by atoms with van der Waals surface area (Å²) in [5.74, 6) is 0.948. The van der Waals surface area contributed by atoms with Gasteiger partial charge >= 0.3 is 0 Å². The molecular weight excluding hydrogens is 238 g/mol. The fourth-order valence-corrected chi connectivity index (χ4v) is 2.34. The second-order valence-corrected chi connectivity index (χ2v) is 4.98. The first-order valence-electron chi connectivity index (χ1n) is 6.90. The zero-order valence-corrected chi connectivity index (χ0v) is 11.6. The maximum absolute atomic E-state index is 5.86. The van der Waals surface area contributed by atoms with E-state index in [1.54, 1.807) is 7.11 Å². The van der Waals surface area contributed by atoms with E-state index in [4.69, 9.17) is 9.47 Å². The van der Waals surface area contributed by atoms with E-state index in [-0.39, 0.29) is 0 Å². The van der Waals surface area contributed by atoms with Crippen molar-refractivity contribution >= 4 is 0 Å². The monoisotopic (exact) mass is 261 g/mol. The van der Waals surface area contributed by atoms with Crippen LogP contribution in [0.2, 0.25) is 0 Å². The van der Waals surface area contributed by atoms with Crippen molar-refractivity contribution in [3.8, 4) is 5.75 Å². The van der Waals surface area contributed by atoms with Gasteiger partial charge in [-0.15, -0.1) is 6.58 Å². The standard InChI is InChI=1S/C16H23NO2/c1-3-4-6-13-7-5-8-15(9-13)19-12-14-10-16(18-2)11-17-14/h3,5,7-9,14,16-17H,1,4,6,10-12H2,2H3/t14-,16?/m0/s1. The van der Waals surface area contributed by atoms with Crippen LogP contribution < -0.4 is 10.1 Å². The molecule has 2 atom stereocenters. The Morgan fingerprint density at radius 1 is 1.47 bits per heavy atom. The molecule has 0 aliphatic carbocycles. The molecule has 3 nitrogen and oxygen atoms in total. The first-order valence-corrected chi connectivity index (χ1v) is 6.90. The van der Waals surface area contributed by atoms with Gasteiger partial charge in [-0.3, -0.25) is 0 Å². The van der Waals surface area contributed by atoms with Crippen molar-refractivity contribution in [2.75, 3.05) is 20.3 Å². The predicted molar refractivity (Wildman–Crippen MR) is 77.7 cm³/mol. The maximum Gasteiger partial charge on any atom is 0.119 e. The second-order valence-electron chi connectivity index (χ2n) is 4.98. The van der Waals surface area contributed by atoms with Crippen molar-refractivity contribution in [1.29, 1.82) is 0 Å². The number of hydrogen-bond acceptors (Lipinski definition) is 3. The Labute approximate surface area is 115 Å². The van der Waals surface area contributed by atoms with Crippen LogP contribution in [0, 0.1) is 0 Å². The quantitative estimate of drug-likeness (QED) is 0.765. The van der Waals surface area contributed by atoms with Gasteiger partial charge in [0.1, 0.15) is 12.4 Å². The molecule has 0 saturated carbocycles. The van der Waals surface area contributed by atoms with Crippen molar-refractivity contribution in [2.45, 2.75) is 31.4 Å². The zero-order chi connectivity index (χ0) is 13.5. The van der Waals surface area contributed by atoms with Crippen LogP contribution in [0.25, 0.3) is 0 Å². The smallest absolute Gasteiger partial charge is 0.119 e. The molecule has 1 N–H and O–H groups in total. The van der Waals surface area contributed by atoms with Crippen LogP contribution in [0.5, 0.6) is 5.75 Å². The Morgan fingerprint density at radius 2 is 2.37 bits per heavy atom. The van der Waals surface area contributed by atoms with Crippen LogP contribution in [0.3, 0.4) is 0 Å². The topological polar surface area (TPSA) is 30.5 Å². The SMILES string of the molecule is C=CCCc1cccc(OC[C@@H]2CC(OC)CN2)c1. The fourth-order valence-electron chi connectivity index (χ4n) is 2.34. The van der Waals surface area contributed by atoms with E-state index in [1.165, 1.54) is 5.56 Å². The third kappa shape index (κ3) is 4.37. The Bertz CT molecular complexity index is 405. The largest absolute Gasteiger partial charge is 0.492 e. The van der Waals surface area contributed by atoms with Gasteiger partial charge in [0.05, 0.1) is 6.10 Å². The Balaban J connectivity index is 1.80. The highest BCUT2D eigenvalue weighted by Gasteiger charge is 2.23. The number of benzene rings is 1. The van der Waals surface area contributed by atoms with Gasteiger partial charge in [-0.1, -0.05) is 18.2 Å². The Hall–Kier alpha value is -1.32.